The smallest absolute Gasteiger partial charge is 0.311 e. The molecule has 5 heteroatoms. The van der Waals surface area contributed by atoms with Crippen molar-refractivity contribution in [3.63, 3.8) is 0 Å². The van der Waals surface area contributed by atoms with Gasteiger partial charge in [-0.2, -0.15) is 0 Å². The number of nitrogens with zero attached hydrogens (tertiary/aromatic N) is 2. The highest BCUT2D eigenvalue weighted by molar-refractivity contribution is 5.48. The molecule has 0 saturated heterocycles. The van der Waals surface area contributed by atoms with Crippen LogP contribution in [0, 0.1) is 17.0 Å². The topological polar surface area (TPSA) is 65.3 Å². The summed E-state index contributed by atoms with van der Waals surface area (Å²) in [5.74, 6) is 0.759. The van der Waals surface area contributed by atoms with Crippen molar-refractivity contribution in [1.82, 2.24) is 4.98 Å². The Bertz CT molecular complexity index is 555. The molecule has 0 aliphatic rings. The molecule has 0 spiro atoms. The lowest BCUT2D eigenvalue weighted by atomic mass is 10.3. The molecule has 86 valence electrons. The van der Waals surface area contributed by atoms with Gasteiger partial charge in [-0.05, 0) is 19.1 Å². The molecule has 0 atom stereocenters. The van der Waals surface area contributed by atoms with Crippen molar-refractivity contribution >= 4 is 5.69 Å². The Morgan fingerprint density at radius 1 is 1.29 bits per heavy atom. The first-order valence-corrected chi connectivity index (χ1v) is 5.01. The highest BCUT2D eigenvalue weighted by atomic mass is 16.6. The van der Waals surface area contributed by atoms with E-state index >= 15 is 0 Å². The molecule has 0 unspecified atom stereocenters. The summed E-state index contributed by atoms with van der Waals surface area (Å²) in [4.78, 5) is 14.3. The average molecular weight is 230 g/mol. The van der Waals surface area contributed by atoms with E-state index in [0.29, 0.717) is 5.75 Å². The Morgan fingerprint density at radius 3 is 2.76 bits per heavy atom. The SMILES string of the molecule is Cc1cc(Oc2ccccc2[N+](=O)[O-])ccn1. The van der Waals surface area contributed by atoms with Crippen LogP contribution in [0.15, 0.2) is 42.6 Å². The van der Waals surface area contributed by atoms with Gasteiger partial charge in [0.2, 0.25) is 5.75 Å². The second-order valence-corrected chi connectivity index (χ2v) is 3.46. The quantitative estimate of drug-likeness (QED) is 0.600. The largest absolute Gasteiger partial charge is 0.450 e. The first kappa shape index (κ1) is 11.1. The lowest BCUT2D eigenvalue weighted by Crippen LogP contribution is -1.93. The number of aryl methyl sites for hydroxylation is 1. The third kappa shape index (κ3) is 2.57. The Balaban J connectivity index is 2.33. The minimum Gasteiger partial charge on any atom is -0.450 e. The minimum absolute atomic E-state index is 0.0537. The summed E-state index contributed by atoms with van der Waals surface area (Å²) >= 11 is 0. The van der Waals surface area contributed by atoms with E-state index < -0.39 is 4.92 Å². The van der Waals surface area contributed by atoms with Crippen LogP contribution in [0.4, 0.5) is 5.69 Å². The normalized spacial score (nSPS) is 9.94. The van der Waals surface area contributed by atoms with Gasteiger partial charge in [-0.1, -0.05) is 12.1 Å². The fourth-order valence-electron chi connectivity index (χ4n) is 1.40. The summed E-state index contributed by atoms with van der Waals surface area (Å²) in [6, 6.07) is 9.64. The average Bonchev–Trinajstić information content (AvgIpc) is 2.29. The van der Waals surface area contributed by atoms with E-state index in [1.807, 2.05) is 6.92 Å². The van der Waals surface area contributed by atoms with Crippen LogP contribution >= 0.6 is 0 Å². The van der Waals surface area contributed by atoms with E-state index in [-0.39, 0.29) is 11.4 Å². The fraction of sp³-hybridized carbons (Fsp3) is 0.0833. The highest BCUT2D eigenvalue weighted by Gasteiger charge is 2.14. The van der Waals surface area contributed by atoms with Crippen molar-refractivity contribution in [3.8, 4) is 11.5 Å². The van der Waals surface area contributed by atoms with Gasteiger partial charge in [-0.15, -0.1) is 0 Å². The maximum absolute atomic E-state index is 10.8. The summed E-state index contributed by atoms with van der Waals surface area (Å²) in [6.07, 6.45) is 1.60. The predicted molar refractivity (Wildman–Crippen MR) is 62.1 cm³/mol. The molecule has 0 aliphatic heterocycles. The molecular formula is C12H10N2O3. The van der Waals surface area contributed by atoms with Crippen LogP contribution in [0.3, 0.4) is 0 Å². The summed E-state index contributed by atoms with van der Waals surface area (Å²) in [5, 5.41) is 10.8. The first-order valence-electron chi connectivity index (χ1n) is 5.01. The summed E-state index contributed by atoms with van der Waals surface area (Å²) in [5.41, 5.74) is 0.739. The number of aromatic nitrogens is 1. The van der Waals surface area contributed by atoms with Crippen LogP contribution in [0.5, 0.6) is 11.5 Å². The van der Waals surface area contributed by atoms with Gasteiger partial charge in [-0.3, -0.25) is 15.1 Å². The molecule has 2 rings (SSSR count). The van der Waals surface area contributed by atoms with Crippen molar-refractivity contribution in [2.24, 2.45) is 0 Å². The predicted octanol–water partition coefficient (Wildman–Crippen LogP) is 3.09. The van der Waals surface area contributed by atoms with Crippen molar-refractivity contribution in [2.45, 2.75) is 6.92 Å². The number of benzene rings is 1. The third-order valence-corrected chi connectivity index (χ3v) is 2.16. The van der Waals surface area contributed by atoms with E-state index in [0.717, 1.165) is 5.69 Å². The minimum atomic E-state index is -0.469. The third-order valence-electron chi connectivity index (χ3n) is 2.16. The van der Waals surface area contributed by atoms with Crippen molar-refractivity contribution in [1.29, 1.82) is 0 Å². The summed E-state index contributed by atoms with van der Waals surface area (Å²) in [6.45, 7) is 1.83. The van der Waals surface area contributed by atoms with Gasteiger partial charge in [0.1, 0.15) is 5.75 Å². The lowest BCUT2D eigenvalue weighted by Gasteiger charge is -2.05. The molecule has 0 bridgehead atoms. The second kappa shape index (κ2) is 4.61. The van der Waals surface area contributed by atoms with Gasteiger partial charge in [0.05, 0.1) is 4.92 Å². The van der Waals surface area contributed by atoms with E-state index in [4.69, 9.17) is 4.74 Å². The molecule has 0 amide bonds. The van der Waals surface area contributed by atoms with Gasteiger partial charge < -0.3 is 4.74 Å². The van der Waals surface area contributed by atoms with Crippen molar-refractivity contribution in [2.75, 3.05) is 0 Å². The Labute approximate surface area is 97.8 Å². The van der Waals surface area contributed by atoms with E-state index in [1.165, 1.54) is 6.07 Å². The van der Waals surface area contributed by atoms with Gasteiger partial charge in [0.15, 0.2) is 0 Å². The number of nitro groups is 1. The van der Waals surface area contributed by atoms with Crippen LogP contribution in [0.2, 0.25) is 0 Å². The van der Waals surface area contributed by atoms with Crippen LogP contribution in [-0.2, 0) is 0 Å². The van der Waals surface area contributed by atoms with Crippen LogP contribution < -0.4 is 4.74 Å². The molecule has 0 N–H and O–H groups in total. The molecule has 0 aliphatic carbocycles. The fourth-order valence-corrected chi connectivity index (χ4v) is 1.40. The second-order valence-electron chi connectivity index (χ2n) is 3.46. The molecule has 2 aromatic rings. The molecular weight excluding hydrogens is 220 g/mol. The zero-order valence-electron chi connectivity index (χ0n) is 9.16. The monoisotopic (exact) mass is 230 g/mol. The molecule has 0 fully saturated rings. The van der Waals surface area contributed by atoms with Gasteiger partial charge in [0.25, 0.3) is 0 Å². The maximum atomic E-state index is 10.8. The zero-order valence-corrected chi connectivity index (χ0v) is 9.16. The molecule has 1 aromatic carbocycles. The van der Waals surface area contributed by atoms with E-state index in [2.05, 4.69) is 4.98 Å². The molecule has 1 heterocycles. The van der Waals surface area contributed by atoms with Gasteiger partial charge >= 0.3 is 5.69 Å². The van der Waals surface area contributed by atoms with Crippen molar-refractivity contribution < 1.29 is 9.66 Å². The molecule has 0 radical (unpaired) electrons. The number of nitro benzene ring substituents is 1. The van der Waals surface area contributed by atoms with E-state index in [9.17, 15) is 10.1 Å². The van der Waals surface area contributed by atoms with Gasteiger partial charge in [0, 0.05) is 24.0 Å². The Hall–Kier alpha value is -2.43. The lowest BCUT2D eigenvalue weighted by molar-refractivity contribution is -0.385. The first-order chi connectivity index (χ1) is 8.16. The zero-order chi connectivity index (χ0) is 12.3. The number of rotatable bonds is 3. The van der Waals surface area contributed by atoms with Crippen LogP contribution in [-0.4, -0.2) is 9.91 Å². The van der Waals surface area contributed by atoms with Gasteiger partial charge in [-0.25, -0.2) is 0 Å². The summed E-state index contributed by atoms with van der Waals surface area (Å²) < 4.78 is 5.47. The Kier molecular flexibility index (Phi) is 3.00. The standard InChI is InChI=1S/C12H10N2O3/c1-9-8-10(6-7-13-9)17-12-5-3-2-4-11(12)14(15)16/h2-8H,1H3. The number of pyridine rings is 1. The number of hydrogen-bond donors (Lipinski definition) is 0. The maximum Gasteiger partial charge on any atom is 0.311 e. The number of hydrogen-bond acceptors (Lipinski definition) is 4. The number of ether oxygens (including phenoxy) is 1. The highest BCUT2D eigenvalue weighted by Crippen LogP contribution is 2.30. The van der Waals surface area contributed by atoms with Crippen molar-refractivity contribution in [3.05, 3.63) is 58.4 Å². The Morgan fingerprint density at radius 2 is 2.06 bits per heavy atom. The molecule has 0 saturated carbocycles. The van der Waals surface area contributed by atoms with Crippen LogP contribution in [0.1, 0.15) is 5.69 Å². The van der Waals surface area contributed by atoms with E-state index in [1.54, 1.807) is 36.5 Å². The molecule has 17 heavy (non-hydrogen) atoms. The summed E-state index contributed by atoms with van der Waals surface area (Å²) in [7, 11) is 0. The number of para-hydroxylation sites is 2. The molecule has 5 nitrogen and oxygen atoms in total. The molecule has 1 aromatic heterocycles. The van der Waals surface area contributed by atoms with Crippen LogP contribution in [0.25, 0.3) is 0 Å².